The molecule has 0 rings (SSSR count). The van der Waals surface area contributed by atoms with Gasteiger partial charge in [-0.2, -0.15) is 0 Å². The molecule has 0 spiro atoms. The highest BCUT2D eigenvalue weighted by molar-refractivity contribution is 7.82. The van der Waals surface area contributed by atoms with Crippen LogP contribution < -0.4 is 0 Å². The highest BCUT2D eigenvalue weighted by Gasteiger charge is 1.80. The van der Waals surface area contributed by atoms with Crippen LogP contribution in [0.2, 0.25) is 0 Å². The molecule has 0 aliphatic carbocycles. The van der Waals surface area contributed by atoms with Gasteiger partial charge in [-0.3, -0.25) is 0 Å². The summed E-state index contributed by atoms with van der Waals surface area (Å²) < 4.78 is 18.2. The largest absolute Gasteiger partial charge is 0.303 e. The summed E-state index contributed by atoms with van der Waals surface area (Å²) >= 11 is -1.75. The van der Waals surface area contributed by atoms with E-state index in [-0.39, 0.29) is 0 Å². The minimum atomic E-state index is -1.75. The van der Waals surface area contributed by atoms with E-state index in [1.807, 2.05) is 0 Å². The lowest BCUT2D eigenvalue weighted by atomic mass is 10.2. The van der Waals surface area contributed by atoms with Gasteiger partial charge >= 0.3 is 0 Å². The fraction of sp³-hybridized carbons (Fsp3) is 0.667. The van der Waals surface area contributed by atoms with Crippen molar-refractivity contribution < 1.29 is 8.76 Å². The Morgan fingerprint density at radius 3 is 2.78 bits per heavy atom. The Balaban J connectivity index is 3.15. The first kappa shape index (κ1) is 8.85. The van der Waals surface area contributed by atoms with Crippen LogP contribution >= 0.6 is 0 Å². The summed E-state index contributed by atoms with van der Waals surface area (Å²) in [5, 5.41) is 1.30. The lowest BCUT2D eigenvalue weighted by Crippen LogP contribution is -1.76. The van der Waals surface area contributed by atoms with E-state index >= 15 is 0 Å². The van der Waals surface area contributed by atoms with Crippen molar-refractivity contribution >= 4 is 11.1 Å². The minimum absolute atomic E-state index is 0.906. The maximum Gasteiger partial charge on any atom is 0.178 e. The molecule has 54 valence electrons. The van der Waals surface area contributed by atoms with Crippen LogP contribution in [0, 0.1) is 0 Å². The topological polar surface area (TPSA) is 37.3 Å². The molecule has 9 heavy (non-hydrogen) atoms. The van der Waals surface area contributed by atoms with E-state index < -0.39 is 11.1 Å². The second-order valence-electron chi connectivity index (χ2n) is 1.79. The molecule has 0 fully saturated rings. The summed E-state index contributed by atoms with van der Waals surface area (Å²) in [5.74, 6) is 0. The maximum atomic E-state index is 9.99. The lowest BCUT2D eigenvalue weighted by molar-refractivity contribution is 0.574. The van der Waals surface area contributed by atoms with Crippen molar-refractivity contribution in [3.05, 3.63) is 11.5 Å². The highest BCUT2D eigenvalue weighted by Crippen LogP contribution is 1.94. The van der Waals surface area contributed by atoms with Gasteiger partial charge in [0.15, 0.2) is 11.1 Å². The van der Waals surface area contributed by atoms with Gasteiger partial charge < -0.3 is 4.55 Å². The van der Waals surface area contributed by atoms with Crippen LogP contribution in [0.5, 0.6) is 0 Å². The maximum absolute atomic E-state index is 9.99. The normalized spacial score (nSPS) is 14.4. The molecule has 0 aliphatic heterocycles. The SMILES string of the molecule is CCCCC=CS(=O)O. The zero-order chi connectivity index (χ0) is 7.11. The van der Waals surface area contributed by atoms with Crippen LogP contribution in [0.1, 0.15) is 26.2 Å². The summed E-state index contributed by atoms with van der Waals surface area (Å²) in [4.78, 5) is 0. The van der Waals surface area contributed by atoms with Crippen molar-refractivity contribution in [2.75, 3.05) is 0 Å². The molecule has 0 saturated carbocycles. The molecule has 0 saturated heterocycles. The molecule has 1 N–H and O–H groups in total. The Morgan fingerprint density at radius 1 is 1.67 bits per heavy atom. The molecule has 3 heteroatoms. The number of hydrogen-bond acceptors (Lipinski definition) is 1. The molecule has 0 amide bonds. The summed E-state index contributed by atoms with van der Waals surface area (Å²) in [6.07, 6.45) is 4.86. The number of rotatable bonds is 4. The molecule has 0 aromatic heterocycles. The molecule has 0 aromatic carbocycles. The van der Waals surface area contributed by atoms with Crippen LogP contribution in [0.25, 0.3) is 0 Å². The molecule has 0 radical (unpaired) electrons. The third-order valence-corrected chi connectivity index (χ3v) is 1.36. The van der Waals surface area contributed by atoms with E-state index in [0.29, 0.717) is 0 Å². The zero-order valence-electron chi connectivity index (χ0n) is 5.54. The molecule has 2 nitrogen and oxygen atoms in total. The van der Waals surface area contributed by atoms with Crippen LogP contribution in [-0.2, 0) is 11.1 Å². The molecule has 1 unspecified atom stereocenters. The van der Waals surface area contributed by atoms with E-state index in [4.69, 9.17) is 4.55 Å². The fourth-order valence-electron chi connectivity index (χ4n) is 0.472. The van der Waals surface area contributed by atoms with Gasteiger partial charge in [-0.05, 0) is 6.42 Å². The predicted octanol–water partition coefficient (Wildman–Crippen LogP) is 1.91. The standard InChI is InChI=1S/C6H12O2S/c1-2-3-4-5-6-9(7)8/h5-6H,2-4H2,1H3,(H,7,8). The van der Waals surface area contributed by atoms with Gasteiger partial charge in [-0.1, -0.05) is 25.8 Å². The van der Waals surface area contributed by atoms with Crippen molar-refractivity contribution in [2.45, 2.75) is 26.2 Å². The van der Waals surface area contributed by atoms with Gasteiger partial charge in [0.2, 0.25) is 0 Å². The van der Waals surface area contributed by atoms with Crippen molar-refractivity contribution in [1.29, 1.82) is 0 Å². The van der Waals surface area contributed by atoms with Gasteiger partial charge in [-0.25, -0.2) is 4.21 Å². The average Bonchev–Trinajstić information content (AvgIpc) is 1.80. The first-order valence-electron chi connectivity index (χ1n) is 3.03. The molecule has 1 atom stereocenters. The molecular formula is C6H12O2S. The van der Waals surface area contributed by atoms with Gasteiger partial charge in [0, 0.05) is 5.41 Å². The van der Waals surface area contributed by atoms with Crippen molar-refractivity contribution in [3.8, 4) is 0 Å². The van der Waals surface area contributed by atoms with Crippen LogP contribution in [-0.4, -0.2) is 8.76 Å². The van der Waals surface area contributed by atoms with Crippen molar-refractivity contribution in [2.24, 2.45) is 0 Å². The third-order valence-electron chi connectivity index (χ3n) is 0.937. The molecule has 0 aromatic rings. The molecule has 0 bridgehead atoms. The van der Waals surface area contributed by atoms with E-state index in [0.717, 1.165) is 19.3 Å². The number of allylic oxidation sites excluding steroid dienone is 1. The highest BCUT2D eigenvalue weighted by atomic mass is 32.2. The summed E-state index contributed by atoms with van der Waals surface area (Å²) in [5.41, 5.74) is 0. The second-order valence-corrected chi connectivity index (χ2v) is 2.61. The van der Waals surface area contributed by atoms with Gasteiger partial charge in [0.25, 0.3) is 0 Å². The Labute approximate surface area is 58.3 Å². The van der Waals surface area contributed by atoms with E-state index in [2.05, 4.69) is 6.92 Å². The third kappa shape index (κ3) is 7.85. The van der Waals surface area contributed by atoms with E-state index in [1.165, 1.54) is 5.41 Å². The Bertz CT molecular complexity index is 110. The smallest absolute Gasteiger partial charge is 0.178 e. The van der Waals surface area contributed by atoms with Gasteiger partial charge in [0.05, 0.1) is 0 Å². The molecule has 0 aliphatic rings. The van der Waals surface area contributed by atoms with Crippen LogP contribution in [0.3, 0.4) is 0 Å². The Hall–Kier alpha value is -0.150. The summed E-state index contributed by atoms with van der Waals surface area (Å²) in [6, 6.07) is 0. The Kier molecular flexibility index (Phi) is 5.88. The molecular weight excluding hydrogens is 136 g/mol. The van der Waals surface area contributed by atoms with E-state index in [1.54, 1.807) is 6.08 Å². The fourth-order valence-corrected chi connectivity index (χ4v) is 0.773. The van der Waals surface area contributed by atoms with Gasteiger partial charge in [0.1, 0.15) is 0 Å². The number of unbranched alkanes of at least 4 members (excludes halogenated alkanes) is 2. The summed E-state index contributed by atoms with van der Waals surface area (Å²) in [7, 11) is 0. The second kappa shape index (κ2) is 5.98. The summed E-state index contributed by atoms with van der Waals surface area (Å²) in [6.45, 7) is 2.09. The zero-order valence-corrected chi connectivity index (χ0v) is 6.36. The van der Waals surface area contributed by atoms with Crippen LogP contribution in [0.15, 0.2) is 11.5 Å². The minimum Gasteiger partial charge on any atom is -0.303 e. The monoisotopic (exact) mass is 148 g/mol. The van der Waals surface area contributed by atoms with Crippen molar-refractivity contribution in [1.82, 2.24) is 0 Å². The Morgan fingerprint density at radius 2 is 2.33 bits per heavy atom. The van der Waals surface area contributed by atoms with E-state index in [9.17, 15) is 4.21 Å². The van der Waals surface area contributed by atoms with Gasteiger partial charge in [-0.15, -0.1) is 0 Å². The van der Waals surface area contributed by atoms with Crippen molar-refractivity contribution in [3.63, 3.8) is 0 Å². The molecule has 0 heterocycles. The predicted molar refractivity (Wildman–Crippen MR) is 39.4 cm³/mol. The number of hydrogen-bond donors (Lipinski definition) is 1. The quantitative estimate of drug-likeness (QED) is 0.488. The lowest BCUT2D eigenvalue weighted by Gasteiger charge is -1.85. The average molecular weight is 148 g/mol. The first-order valence-corrected chi connectivity index (χ1v) is 4.20. The first-order chi connectivity index (χ1) is 4.27. The van der Waals surface area contributed by atoms with Crippen LogP contribution in [0.4, 0.5) is 0 Å².